The molecule has 0 N–H and O–H groups in total. The highest BCUT2D eigenvalue weighted by atomic mass is 15.0. The Balaban J connectivity index is 1.26. The fraction of sp³-hybridized carbons (Fsp3) is 0. The first-order valence-electron chi connectivity index (χ1n) is 19.1. The Bertz CT molecular complexity index is 3510. The average Bonchev–Trinajstić information content (AvgIpc) is 3.78. The van der Waals surface area contributed by atoms with Crippen LogP contribution in [-0.4, -0.2) is 19.1 Å². The highest BCUT2D eigenvalue weighted by Gasteiger charge is 2.23. The van der Waals surface area contributed by atoms with E-state index in [1.54, 1.807) is 0 Å². The van der Waals surface area contributed by atoms with E-state index < -0.39 is 0 Å². The smallest absolute Gasteiger partial charge is 0.113 e. The fourth-order valence-electron chi connectivity index (χ4n) is 9.02. The van der Waals surface area contributed by atoms with Crippen molar-refractivity contribution in [3.05, 3.63) is 194 Å². The van der Waals surface area contributed by atoms with Crippen LogP contribution in [0, 0.1) is 0 Å². The molecule has 9 aromatic carbocycles. The quantitative estimate of drug-likeness (QED) is 0.182. The summed E-state index contributed by atoms with van der Waals surface area (Å²) in [6.07, 6.45) is 0. The average molecular weight is 713 g/mol. The summed E-state index contributed by atoms with van der Waals surface area (Å²) in [6, 6.07) is 69.4. The Kier molecular flexibility index (Phi) is 6.60. The normalized spacial score (nSPS) is 11.9. The molecule has 0 saturated heterocycles. The van der Waals surface area contributed by atoms with Gasteiger partial charge in [0.25, 0.3) is 0 Å². The van der Waals surface area contributed by atoms with Gasteiger partial charge in [-0.3, -0.25) is 0 Å². The van der Waals surface area contributed by atoms with E-state index in [4.69, 9.17) is 9.97 Å². The molecule has 0 atom stereocenters. The second kappa shape index (κ2) is 12.0. The monoisotopic (exact) mass is 712 g/mol. The number of rotatable bonds is 4. The third kappa shape index (κ3) is 4.47. The largest absolute Gasteiger partial charge is 0.309 e. The van der Waals surface area contributed by atoms with Crippen LogP contribution in [0.1, 0.15) is 0 Å². The maximum absolute atomic E-state index is 5.56. The summed E-state index contributed by atoms with van der Waals surface area (Å²) < 4.78 is 4.86. The Morgan fingerprint density at radius 2 is 0.857 bits per heavy atom. The number of aromatic nitrogens is 4. The van der Waals surface area contributed by atoms with Gasteiger partial charge in [-0.25, -0.2) is 9.97 Å². The third-order valence-electron chi connectivity index (χ3n) is 11.5. The maximum Gasteiger partial charge on any atom is 0.113 e. The molecular weight excluding hydrogens is 681 g/mol. The van der Waals surface area contributed by atoms with Crippen LogP contribution >= 0.6 is 0 Å². The van der Waals surface area contributed by atoms with Gasteiger partial charge < -0.3 is 9.13 Å². The van der Waals surface area contributed by atoms with E-state index in [1.165, 1.54) is 48.6 Å². The van der Waals surface area contributed by atoms with Gasteiger partial charge in [-0.2, -0.15) is 0 Å². The molecule has 0 aliphatic carbocycles. The summed E-state index contributed by atoms with van der Waals surface area (Å²) in [5, 5.41) is 9.87. The molecule has 0 fully saturated rings. The lowest BCUT2D eigenvalue weighted by molar-refractivity contribution is 1.16. The van der Waals surface area contributed by atoms with Crippen molar-refractivity contribution >= 4 is 76.2 Å². The van der Waals surface area contributed by atoms with Gasteiger partial charge in [0.2, 0.25) is 0 Å². The fourth-order valence-corrected chi connectivity index (χ4v) is 9.02. The van der Waals surface area contributed by atoms with E-state index in [-0.39, 0.29) is 0 Å². The number of para-hydroxylation sites is 2. The van der Waals surface area contributed by atoms with E-state index in [1.807, 2.05) is 12.1 Å². The van der Waals surface area contributed by atoms with E-state index in [0.717, 1.165) is 61.5 Å². The minimum atomic E-state index is 0.850. The summed E-state index contributed by atoms with van der Waals surface area (Å²) in [7, 11) is 0. The van der Waals surface area contributed by atoms with Gasteiger partial charge in [0.1, 0.15) is 5.52 Å². The van der Waals surface area contributed by atoms with E-state index in [2.05, 4.69) is 191 Å². The van der Waals surface area contributed by atoms with Crippen molar-refractivity contribution in [2.75, 3.05) is 0 Å². The van der Waals surface area contributed by atoms with Gasteiger partial charge in [0, 0.05) is 38.4 Å². The van der Waals surface area contributed by atoms with Crippen LogP contribution in [-0.2, 0) is 0 Å². The topological polar surface area (TPSA) is 35.6 Å². The molecule has 0 radical (unpaired) electrons. The zero-order valence-electron chi connectivity index (χ0n) is 30.3. The number of benzene rings is 9. The summed E-state index contributed by atoms with van der Waals surface area (Å²) in [5.41, 5.74) is 12.2. The summed E-state index contributed by atoms with van der Waals surface area (Å²) in [5.74, 6) is 0. The van der Waals surface area contributed by atoms with Gasteiger partial charge in [-0.05, 0) is 70.1 Å². The molecule has 3 heterocycles. The molecule has 4 heteroatoms. The summed E-state index contributed by atoms with van der Waals surface area (Å²) in [4.78, 5) is 10.9. The first-order chi connectivity index (χ1) is 27.8. The minimum absolute atomic E-state index is 0.850. The minimum Gasteiger partial charge on any atom is -0.309 e. The highest BCUT2D eigenvalue weighted by molar-refractivity contribution is 6.28. The molecule has 56 heavy (non-hydrogen) atoms. The molecular formula is C52H32N4. The van der Waals surface area contributed by atoms with Crippen LogP contribution < -0.4 is 0 Å². The molecule has 0 saturated carbocycles. The lowest BCUT2D eigenvalue weighted by Crippen LogP contribution is -2.01. The molecule has 0 unspecified atom stereocenters. The zero-order chi connectivity index (χ0) is 36.7. The van der Waals surface area contributed by atoms with Crippen molar-refractivity contribution in [3.8, 4) is 33.9 Å². The molecule has 0 aliphatic rings. The van der Waals surface area contributed by atoms with Crippen molar-refractivity contribution in [2.24, 2.45) is 0 Å². The van der Waals surface area contributed by atoms with Crippen molar-refractivity contribution in [1.29, 1.82) is 0 Å². The van der Waals surface area contributed by atoms with Crippen molar-refractivity contribution in [1.82, 2.24) is 19.1 Å². The molecule has 0 aliphatic heterocycles. The first-order valence-corrected chi connectivity index (χ1v) is 19.1. The molecule has 4 nitrogen and oxygen atoms in total. The zero-order valence-corrected chi connectivity index (χ0v) is 30.3. The highest BCUT2D eigenvalue weighted by Crippen LogP contribution is 2.44. The van der Waals surface area contributed by atoms with E-state index in [0.29, 0.717) is 0 Å². The molecule has 12 rings (SSSR count). The molecule has 3 aromatic heterocycles. The lowest BCUT2D eigenvalue weighted by Gasteiger charge is -2.15. The molecule has 260 valence electrons. The Hall–Kier alpha value is -7.56. The SMILES string of the molecule is c1ccc(-c2nc3cccc(-n4c5cc6c(cc5c5c7ccccc7ccc54)c4c5ccccc5ccc4n6-c4ccccc4)c3nc2-c2ccccc2)cc1. The van der Waals surface area contributed by atoms with Crippen LogP contribution in [0.15, 0.2) is 194 Å². The van der Waals surface area contributed by atoms with Gasteiger partial charge in [0.05, 0.1) is 44.7 Å². The predicted molar refractivity (Wildman–Crippen MR) is 234 cm³/mol. The molecule has 0 bridgehead atoms. The summed E-state index contributed by atoms with van der Waals surface area (Å²) in [6.45, 7) is 0. The van der Waals surface area contributed by atoms with Crippen LogP contribution in [0.3, 0.4) is 0 Å². The number of hydrogen-bond acceptors (Lipinski definition) is 2. The third-order valence-corrected chi connectivity index (χ3v) is 11.5. The van der Waals surface area contributed by atoms with Gasteiger partial charge in [-0.1, -0.05) is 146 Å². The molecule has 12 aromatic rings. The first kappa shape index (κ1) is 30.9. The summed E-state index contributed by atoms with van der Waals surface area (Å²) >= 11 is 0. The van der Waals surface area contributed by atoms with Crippen molar-refractivity contribution in [2.45, 2.75) is 0 Å². The van der Waals surface area contributed by atoms with Crippen LogP contribution in [0.4, 0.5) is 0 Å². The van der Waals surface area contributed by atoms with E-state index >= 15 is 0 Å². The Labute approximate surface area is 322 Å². The van der Waals surface area contributed by atoms with Crippen molar-refractivity contribution < 1.29 is 0 Å². The molecule has 0 spiro atoms. The van der Waals surface area contributed by atoms with Gasteiger partial charge in [-0.15, -0.1) is 0 Å². The van der Waals surface area contributed by atoms with E-state index in [9.17, 15) is 0 Å². The predicted octanol–water partition coefficient (Wildman–Crippen LogP) is 13.5. The van der Waals surface area contributed by atoms with Crippen LogP contribution in [0.2, 0.25) is 0 Å². The maximum atomic E-state index is 5.56. The lowest BCUT2D eigenvalue weighted by atomic mass is 10.0. The second-order valence-electron chi connectivity index (χ2n) is 14.6. The number of nitrogens with zero attached hydrogens (tertiary/aromatic N) is 4. The van der Waals surface area contributed by atoms with Crippen LogP contribution in [0.5, 0.6) is 0 Å². The van der Waals surface area contributed by atoms with Gasteiger partial charge >= 0.3 is 0 Å². The molecule has 0 amide bonds. The number of hydrogen-bond donors (Lipinski definition) is 0. The Morgan fingerprint density at radius 3 is 1.48 bits per heavy atom. The van der Waals surface area contributed by atoms with Crippen LogP contribution in [0.25, 0.3) is 110 Å². The Morgan fingerprint density at radius 1 is 0.339 bits per heavy atom. The number of fused-ring (bicyclic) bond motifs is 11. The van der Waals surface area contributed by atoms with Crippen molar-refractivity contribution in [3.63, 3.8) is 0 Å². The second-order valence-corrected chi connectivity index (χ2v) is 14.6. The standard InChI is InChI=1S/C52H32N4/c1-4-17-35(18-5-1)50-51(36-19-6-2-7-20-36)54-52-42(53-50)25-14-26-45(52)56-44-30-28-34-16-11-13-24-39(34)49(44)41-31-40-46(32-47(41)56)55(37-21-8-3-9-22-37)43-29-27-33-15-10-12-23-38(33)48(40)43/h1-32H. The van der Waals surface area contributed by atoms with Gasteiger partial charge in [0.15, 0.2) is 0 Å².